The number of amides is 2. The zero-order valence-corrected chi connectivity index (χ0v) is 11.7. The van der Waals surface area contributed by atoms with E-state index < -0.39 is 0 Å². The number of piperidine rings is 2. The summed E-state index contributed by atoms with van der Waals surface area (Å²) in [4.78, 5) is 25.4. The monoisotopic (exact) mass is 267 g/mol. The molecule has 2 fully saturated rings. The molecule has 3 N–H and O–H groups in total. The van der Waals surface area contributed by atoms with Crippen molar-refractivity contribution < 1.29 is 9.59 Å². The van der Waals surface area contributed by atoms with Gasteiger partial charge in [0.2, 0.25) is 11.8 Å². The van der Waals surface area contributed by atoms with Crippen molar-refractivity contribution in [3.05, 3.63) is 0 Å². The predicted octanol–water partition coefficient (Wildman–Crippen LogP) is 0.631. The third-order valence-electron chi connectivity index (χ3n) is 4.23. The highest BCUT2D eigenvalue weighted by molar-refractivity contribution is 5.78. The number of nitrogens with zero attached hydrogens (tertiary/aromatic N) is 1. The normalized spacial score (nSPS) is 28.5. The summed E-state index contributed by atoms with van der Waals surface area (Å²) in [5.41, 5.74) is 5.69. The average Bonchev–Trinajstić information content (AvgIpc) is 2.37. The Morgan fingerprint density at radius 1 is 1.53 bits per heavy atom. The standard InChI is InChI=1S/C14H25N3O2/c1-10(15)3-2-4-14(19)17-8-7-12-11(9-17)5-6-13(18)16-12/h10-12H,2-9,15H2,1H3,(H,16,18). The maximum atomic E-state index is 12.1. The van der Waals surface area contributed by atoms with Crippen LogP contribution >= 0.6 is 0 Å². The van der Waals surface area contributed by atoms with Crippen LogP contribution in [0.3, 0.4) is 0 Å². The SMILES string of the molecule is CC(N)CCCC(=O)N1CCC2NC(=O)CCC2C1. The molecule has 0 bridgehead atoms. The van der Waals surface area contributed by atoms with Gasteiger partial charge in [-0.3, -0.25) is 9.59 Å². The highest BCUT2D eigenvalue weighted by atomic mass is 16.2. The van der Waals surface area contributed by atoms with Gasteiger partial charge in [-0.15, -0.1) is 0 Å². The molecule has 5 nitrogen and oxygen atoms in total. The Labute approximate surface area is 114 Å². The fourth-order valence-corrected chi connectivity index (χ4v) is 3.07. The van der Waals surface area contributed by atoms with Crippen LogP contribution in [0.25, 0.3) is 0 Å². The summed E-state index contributed by atoms with van der Waals surface area (Å²) in [6.07, 6.45) is 4.80. The molecule has 2 heterocycles. The second kappa shape index (κ2) is 6.37. The van der Waals surface area contributed by atoms with E-state index in [0.717, 1.165) is 38.8 Å². The molecule has 0 aliphatic carbocycles. The number of hydrogen-bond donors (Lipinski definition) is 2. The molecule has 3 atom stereocenters. The van der Waals surface area contributed by atoms with Gasteiger partial charge in [0.25, 0.3) is 0 Å². The minimum absolute atomic E-state index is 0.165. The zero-order chi connectivity index (χ0) is 13.8. The third-order valence-corrected chi connectivity index (χ3v) is 4.23. The van der Waals surface area contributed by atoms with Crippen LogP contribution in [-0.2, 0) is 9.59 Å². The Morgan fingerprint density at radius 2 is 2.32 bits per heavy atom. The molecule has 5 heteroatoms. The van der Waals surface area contributed by atoms with Gasteiger partial charge in [0.05, 0.1) is 0 Å². The lowest BCUT2D eigenvalue weighted by molar-refractivity contribution is -0.134. The van der Waals surface area contributed by atoms with Crippen LogP contribution in [0.4, 0.5) is 0 Å². The van der Waals surface area contributed by atoms with E-state index >= 15 is 0 Å². The molecule has 2 rings (SSSR count). The summed E-state index contributed by atoms with van der Waals surface area (Å²) in [6.45, 7) is 3.56. The van der Waals surface area contributed by atoms with Crippen molar-refractivity contribution in [1.82, 2.24) is 10.2 Å². The third kappa shape index (κ3) is 3.93. The van der Waals surface area contributed by atoms with Gasteiger partial charge in [-0.1, -0.05) is 0 Å². The van der Waals surface area contributed by atoms with Crippen molar-refractivity contribution in [2.45, 2.75) is 57.5 Å². The summed E-state index contributed by atoms with van der Waals surface area (Å²) in [7, 11) is 0. The molecule has 0 saturated carbocycles. The van der Waals surface area contributed by atoms with Crippen LogP contribution in [0, 0.1) is 5.92 Å². The average molecular weight is 267 g/mol. The minimum Gasteiger partial charge on any atom is -0.353 e. The molecule has 19 heavy (non-hydrogen) atoms. The Morgan fingerprint density at radius 3 is 3.05 bits per heavy atom. The van der Waals surface area contributed by atoms with Gasteiger partial charge in [0, 0.05) is 38.0 Å². The topological polar surface area (TPSA) is 75.4 Å². The molecular weight excluding hydrogens is 242 g/mol. The van der Waals surface area contributed by atoms with Crippen LogP contribution in [0.15, 0.2) is 0 Å². The number of likely N-dealkylation sites (tertiary alicyclic amines) is 1. The maximum Gasteiger partial charge on any atom is 0.222 e. The predicted molar refractivity (Wildman–Crippen MR) is 73.4 cm³/mol. The van der Waals surface area contributed by atoms with Crippen LogP contribution < -0.4 is 11.1 Å². The Hall–Kier alpha value is -1.10. The molecule has 2 amide bonds. The largest absolute Gasteiger partial charge is 0.353 e. The second-order valence-electron chi connectivity index (χ2n) is 5.97. The van der Waals surface area contributed by atoms with E-state index in [1.807, 2.05) is 11.8 Å². The lowest BCUT2D eigenvalue weighted by Gasteiger charge is -2.41. The van der Waals surface area contributed by atoms with Gasteiger partial charge >= 0.3 is 0 Å². The number of rotatable bonds is 4. The van der Waals surface area contributed by atoms with Crippen LogP contribution in [0.2, 0.25) is 0 Å². The molecule has 0 aromatic heterocycles. The van der Waals surface area contributed by atoms with Crippen molar-refractivity contribution in [3.63, 3.8) is 0 Å². The number of hydrogen-bond acceptors (Lipinski definition) is 3. The van der Waals surface area contributed by atoms with Crippen molar-refractivity contribution in [2.75, 3.05) is 13.1 Å². The fourth-order valence-electron chi connectivity index (χ4n) is 3.07. The summed E-state index contributed by atoms with van der Waals surface area (Å²) < 4.78 is 0. The zero-order valence-electron chi connectivity index (χ0n) is 11.7. The first kappa shape index (κ1) is 14.3. The lowest BCUT2D eigenvalue weighted by Crippen LogP contribution is -2.55. The molecule has 2 aliphatic heterocycles. The molecule has 0 aromatic rings. The molecule has 2 aliphatic rings. The van der Waals surface area contributed by atoms with E-state index in [1.165, 1.54) is 0 Å². The number of nitrogens with one attached hydrogen (secondary N) is 1. The first-order chi connectivity index (χ1) is 9.06. The van der Waals surface area contributed by atoms with Crippen molar-refractivity contribution >= 4 is 11.8 Å². The fraction of sp³-hybridized carbons (Fsp3) is 0.857. The van der Waals surface area contributed by atoms with E-state index in [9.17, 15) is 9.59 Å². The summed E-state index contributed by atoms with van der Waals surface area (Å²) in [5.74, 6) is 0.859. The van der Waals surface area contributed by atoms with E-state index in [0.29, 0.717) is 18.8 Å². The highest BCUT2D eigenvalue weighted by Crippen LogP contribution is 2.25. The van der Waals surface area contributed by atoms with Gasteiger partial charge in [-0.25, -0.2) is 0 Å². The van der Waals surface area contributed by atoms with Crippen molar-refractivity contribution in [3.8, 4) is 0 Å². The summed E-state index contributed by atoms with van der Waals surface area (Å²) in [5, 5.41) is 3.04. The lowest BCUT2D eigenvalue weighted by atomic mass is 9.85. The van der Waals surface area contributed by atoms with Crippen LogP contribution in [-0.4, -0.2) is 41.9 Å². The van der Waals surface area contributed by atoms with E-state index in [-0.39, 0.29) is 23.9 Å². The van der Waals surface area contributed by atoms with E-state index in [1.54, 1.807) is 0 Å². The number of carbonyl (C=O) groups is 2. The number of nitrogens with two attached hydrogens (primary N) is 1. The smallest absolute Gasteiger partial charge is 0.222 e. The van der Waals surface area contributed by atoms with Gasteiger partial charge < -0.3 is 16.0 Å². The molecule has 0 spiro atoms. The van der Waals surface area contributed by atoms with Crippen LogP contribution in [0.1, 0.15) is 45.4 Å². The first-order valence-corrected chi connectivity index (χ1v) is 7.39. The van der Waals surface area contributed by atoms with Crippen molar-refractivity contribution in [1.29, 1.82) is 0 Å². The Kier molecular flexibility index (Phi) is 4.80. The first-order valence-electron chi connectivity index (χ1n) is 7.39. The van der Waals surface area contributed by atoms with Gasteiger partial charge in [-0.2, -0.15) is 0 Å². The maximum absolute atomic E-state index is 12.1. The molecule has 0 aromatic carbocycles. The van der Waals surface area contributed by atoms with E-state index in [4.69, 9.17) is 5.73 Å². The molecule has 108 valence electrons. The Balaban J connectivity index is 1.77. The summed E-state index contributed by atoms with van der Waals surface area (Å²) in [6, 6.07) is 0.460. The summed E-state index contributed by atoms with van der Waals surface area (Å²) >= 11 is 0. The van der Waals surface area contributed by atoms with Gasteiger partial charge in [0.15, 0.2) is 0 Å². The van der Waals surface area contributed by atoms with Gasteiger partial charge in [-0.05, 0) is 38.5 Å². The molecule has 2 saturated heterocycles. The number of fused-ring (bicyclic) bond motifs is 1. The second-order valence-corrected chi connectivity index (χ2v) is 5.97. The number of carbonyl (C=O) groups excluding carboxylic acids is 2. The van der Waals surface area contributed by atoms with Crippen molar-refractivity contribution in [2.24, 2.45) is 11.7 Å². The Bertz CT molecular complexity index is 344. The molecular formula is C14H25N3O2. The molecule has 3 unspecified atom stereocenters. The minimum atomic E-state index is 0.165. The molecule has 0 radical (unpaired) electrons. The highest BCUT2D eigenvalue weighted by Gasteiger charge is 2.34. The van der Waals surface area contributed by atoms with Gasteiger partial charge in [0.1, 0.15) is 0 Å². The van der Waals surface area contributed by atoms with E-state index in [2.05, 4.69) is 5.32 Å². The van der Waals surface area contributed by atoms with Crippen LogP contribution in [0.5, 0.6) is 0 Å². The quantitative estimate of drug-likeness (QED) is 0.784.